The summed E-state index contributed by atoms with van der Waals surface area (Å²) in [6.07, 6.45) is 4.19. The number of rotatable bonds is 4. The Bertz CT molecular complexity index is 405. The Morgan fingerprint density at radius 2 is 2.06 bits per heavy atom. The first-order valence-electron chi connectivity index (χ1n) is 6.75. The van der Waals surface area contributed by atoms with Crippen LogP contribution in [0.5, 0.6) is 0 Å². The molecule has 0 aromatic heterocycles. The highest BCUT2D eigenvalue weighted by Crippen LogP contribution is 2.10. The number of benzene rings is 1. The number of nitrogens with zero attached hydrogens (tertiary/aromatic N) is 2. The molecule has 0 spiro atoms. The van der Waals surface area contributed by atoms with Crippen LogP contribution in [-0.2, 0) is 6.42 Å². The molecule has 0 bridgehead atoms. The first-order valence-corrected chi connectivity index (χ1v) is 6.75. The fourth-order valence-corrected chi connectivity index (χ4v) is 2.51. The van der Waals surface area contributed by atoms with Gasteiger partial charge in [0.1, 0.15) is 0 Å². The number of piperidine rings is 1. The van der Waals surface area contributed by atoms with Crippen LogP contribution in [0.1, 0.15) is 30.4 Å². The zero-order chi connectivity index (χ0) is 12.8. The van der Waals surface area contributed by atoms with E-state index < -0.39 is 0 Å². The second-order valence-corrected chi connectivity index (χ2v) is 5.10. The van der Waals surface area contributed by atoms with Crippen molar-refractivity contribution in [2.24, 2.45) is 5.16 Å². The van der Waals surface area contributed by atoms with E-state index in [1.807, 2.05) is 0 Å². The number of likely N-dealkylation sites (tertiary alicyclic amines) is 1. The van der Waals surface area contributed by atoms with Gasteiger partial charge >= 0.3 is 0 Å². The van der Waals surface area contributed by atoms with Crippen molar-refractivity contribution in [1.29, 1.82) is 0 Å². The average Bonchev–Trinajstić information content (AvgIpc) is 2.40. The summed E-state index contributed by atoms with van der Waals surface area (Å²) < 4.78 is 0. The van der Waals surface area contributed by atoms with Crippen molar-refractivity contribution in [2.45, 2.75) is 32.6 Å². The second kappa shape index (κ2) is 6.55. The SMILES string of the molecule is Cc1cccc(CCCN2CCC(=NO)CC2)c1. The monoisotopic (exact) mass is 246 g/mol. The molecule has 0 atom stereocenters. The zero-order valence-corrected chi connectivity index (χ0v) is 11.1. The van der Waals surface area contributed by atoms with Crippen LogP contribution in [0, 0.1) is 6.92 Å². The Hall–Kier alpha value is -1.35. The van der Waals surface area contributed by atoms with Crippen LogP contribution in [0.4, 0.5) is 0 Å². The highest BCUT2D eigenvalue weighted by molar-refractivity contribution is 5.84. The lowest BCUT2D eigenvalue weighted by atomic mass is 10.1. The molecular formula is C15H22N2O. The Morgan fingerprint density at radius 1 is 1.28 bits per heavy atom. The van der Waals surface area contributed by atoms with Gasteiger partial charge in [-0.15, -0.1) is 0 Å². The molecule has 1 fully saturated rings. The van der Waals surface area contributed by atoms with Crippen LogP contribution in [-0.4, -0.2) is 35.5 Å². The molecule has 2 rings (SSSR count). The van der Waals surface area contributed by atoms with Crippen LogP contribution in [0.3, 0.4) is 0 Å². The van der Waals surface area contributed by atoms with Crippen molar-refractivity contribution in [3.8, 4) is 0 Å². The van der Waals surface area contributed by atoms with Gasteiger partial charge in [0.25, 0.3) is 0 Å². The molecule has 0 unspecified atom stereocenters. The van der Waals surface area contributed by atoms with Gasteiger partial charge in [0.2, 0.25) is 0 Å². The van der Waals surface area contributed by atoms with Gasteiger partial charge in [-0.2, -0.15) is 0 Å². The van der Waals surface area contributed by atoms with Crippen LogP contribution in [0.15, 0.2) is 29.4 Å². The molecule has 1 aliphatic heterocycles. The Morgan fingerprint density at radius 3 is 2.72 bits per heavy atom. The van der Waals surface area contributed by atoms with E-state index in [0.717, 1.165) is 44.6 Å². The van der Waals surface area contributed by atoms with E-state index >= 15 is 0 Å². The van der Waals surface area contributed by atoms with Crippen molar-refractivity contribution in [2.75, 3.05) is 19.6 Å². The fourth-order valence-electron chi connectivity index (χ4n) is 2.51. The fraction of sp³-hybridized carbons (Fsp3) is 0.533. The zero-order valence-electron chi connectivity index (χ0n) is 11.1. The molecule has 0 saturated carbocycles. The van der Waals surface area contributed by atoms with Crippen molar-refractivity contribution >= 4 is 5.71 Å². The van der Waals surface area contributed by atoms with E-state index in [9.17, 15) is 0 Å². The van der Waals surface area contributed by atoms with Crippen LogP contribution in [0.25, 0.3) is 0 Å². The summed E-state index contributed by atoms with van der Waals surface area (Å²) in [6, 6.07) is 8.76. The largest absolute Gasteiger partial charge is 0.411 e. The highest BCUT2D eigenvalue weighted by atomic mass is 16.4. The van der Waals surface area contributed by atoms with Gasteiger partial charge in [0.15, 0.2) is 0 Å². The molecule has 3 nitrogen and oxygen atoms in total. The van der Waals surface area contributed by atoms with Crippen molar-refractivity contribution in [3.05, 3.63) is 35.4 Å². The summed E-state index contributed by atoms with van der Waals surface area (Å²) in [7, 11) is 0. The van der Waals surface area contributed by atoms with E-state index in [2.05, 4.69) is 41.2 Å². The lowest BCUT2D eigenvalue weighted by Crippen LogP contribution is -2.34. The van der Waals surface area contributed by atoms with Crippen LogP contribution < -0.4 is 0 Å². The molecule has 1 heterocycles. The standard InChI is InChI=1S/C15H22N2O/c1-13-4-2-5-14(12-13)6-3-9-17-10-7-15(16-18)8-11-17/h2,4-5,12,18H,3,6-11H2,1H3. The molecule has 1 aromatic carbocycles. The lowest BCUT2D eigenvalue weighted by Gasteiger charge is -2.26. The van der Waals surface area contributed by atoms with Crippen molar-refractivity contribution in [1.82, 2.24) is 4.90 Å². The van der Waals surface area contributed by atoms with E-state index in [1.165, 1.54) is 17.5 Å². The smallest absolute Gasteiger partial charge is 0.0596 e. The summed E-state index contributed by atoms with van der Waals surface area (Å²) in [5.74, 6) is 0. The summed E-state index contributed by atoms with van der Waals surface area (Å²) in [4.78, 5) is 2.46. The van der Waals surface area contributed by atoms with Crippen molar-refractivity contribution < 1.29 is 5.21 Å². The molecular weight excluding hydrogens is 224 g/mol. The Kier molecular flexibility index (Phi) is 4.76. The molecule has 1 N–H and O–H groups in total. The molecule has 98 valence electrons. The molecule has 0 radical (unpaired) electrons. The second-order valence-electron chi connectivity index (χ2n) is 5.10. The lowest BCUT2D eigenvalue weighted by molar-refractivity contribution is 0.260. The maximum atomic E-state index is 8.70. The predicted molar refractivity (Wildman–Crippen MR) is 74.4 cm³/mol. The number of hydrogen-bond acceptors (Lipinski definition) is 3. The van der Waals surface area contributed by atoms with Gasteiger partial charge in [-0.05, 0) is 31.9 Å². The minimum Gasteiger partial charge on any atom is -0.411 e. The minimum atomic E-state index is 0.918. The molecule has 18 heavy (non-hydrogen) atoms. The summed E-state index contributed by atoms with van der Waals surface area (Å²) in [5, 5.41) is 12.0. The highest BCUT2D eigenvalue weighted by Gasteiger charge is 2.14. The van der Waals surface area contributed by atoms with E-state index in [4.69, 9.17) is 5.21 Å². The number of oxime groups is 1. The molecule has 0 aliphatic carbocycles. The average molecular weight is 246 g/mol. The van der Waals surface area contributed by atoms with Gasteiger partial charge in [-0.25, -0.2) is 0 Å². The quantitative estimate of drug-likeness (QED) is 0.655. The van der Waals surface area contributed by atoms with Crippen molar-refractivity contribution in [3.63, 3.8) is 0 Å². The van der Waals surface area contributed by atoms with Gasteiger partial charge in [-0.1, -0.05) is 35.0 Å². The third-order valence-corrected chi connectivity index (χ3v) is 3.60. The third kappa shape index (κ3) is 3.84. The summed E-state index contributed by atoms with van der Waals surface area (Å²) in [5.41, 5.74) is 3.73. The van der Waals surface area contributed by atoms with Gasteiger partial charge < -0.3 is 10.1 Å². The van der Waals surface area contributed by atoms with Gasteiger partial charge in [0.05, 0.1) is 5.71 Å². The Balaban J connectivity index is 1.70. The molecule has 3 heteroatoms. The van der Waals surface area contributed by atoms with Gasteiger partial charge in [-0.3, -0.25) is 0 Å². The number of aryl methyl sites for hydroxylation is 2. The van der Waals surface area contributed by atoms with E-state index in [0.29, 0.717) is 0 Å². The minimum absolute atomic E-state index is 0.918. The first kappa shape index (κ1) is 13.1. The third-order valence-electron chi connectivity index (χ3n) is 3.60. The topological polar surface area (TPSA) is 35.8 Å². The maximum absolute atomic E-state index is 8.70. The predicted octanol–water partition coefficient (Wildman–Crippen LogP) is 2.85. The number of hydrogen-bond donors (Lipinski definition) is 1. The Labute approximate surface area is 109 Å². The maximum Gasteiger partial charge on any atom is 0.0596 e. The normalized spacial score (nSPS) is 16.8. The molecule has 0 amide bonds. The molecule has 1 aromatic rings. The first-order chi connectivity index (χ1) is 8.78. The van der Waals surface area contributed by atoms with E-state index in [1.54, 1.807) is 0 Å². The molecule has 1 aliphatic rings. The summed E-state index contributed by atoms with van der Waals surface area (Å²) in [6.45, 7) is 5.36. The van der Waals surface area contributed by atoms with Gasteiger partial charge in [0, 0.05) is 25.9 Å². The van der Waals surface area contributed by atoms with Crippen LogP contribution in [0.2, 0.25) is 0 Å². The summed E-state index contributed by atoms with van der Waals surface area (Å²) >= 11 is 0. The molecule has 1 saturated heterocycles. The van der Waals surface area contributed by atoms with Crippen LogP contribution >= 0.6 is 0 Å². The van der Waals surface area contributed by atoms with E-state index in [-0.39, 0.29) is 0 Å².